The van der Waals surface area contributed by atoms with Gasteiger partial charge in [-0.15, -0.1) is 0 Å². The second-order valence-electron chi connectivity index (χ2n) is 6.58. The third-order valence-corrected chi connectivity index (χ3v) is 4.32. The first-order valence-corrected chi connectivity index (χ1v) is 8.71. The van der Waals surface area contributed by atoms with Gasteiger partial charge in [0.05, 0.1) is 0 Å². The zero-order valence-corrected chi connectivity index (χ0v) is 15.6. The molecule has 0 unspecified atom stereocenters. The molecule has 0 fully saturated rings. The van der Waals surface area contributed by atoms with Crippen LogP contribution in [0.1, 0.15) is 41.5 Å². The number of benzene rings is 1. The summed E-state index contributed by atoms with van der Waals surface area (Å²) < 4.78 is 12.2. The largest absolute Gasteiger partial charge is 0.443 e. The minimum atomic E-state index is -2.85. The van der Waals surface area contributed by atoms with Crippen LogP contribution < -0.4 is 4.74 Å². The Morgan fingerprint density at radius 1 is 1.24 bits per heavy atom. The molecule has 0 atom stereocenters. The molecule has 10 nitrogen and oxygen atoms in total. The molecular weight excluding hydrogens is 378 g/mol. The van der Waals surface area contributed by atoms with Crippen LogP contribution in [0.2, 0.25) is 0 Å². The van der Waals surface area contributed by atoms with Crippen molar-refractivity contribution in [3.8, 4) is 11.6 Å². The van der Waals surface area contributed by atoms with Gasteiger partial charge < -0.3 is 19.4 Å². The predicted octanol–water partition coefficient (Wildman–Crippen LogP) is 1.91. The van der Waals surface area contributed by atoms with Gasteiger partial charge >= 0.3 is 5.97 Å². The highest BCUT2D eigenvalue weighted by Crippen LogP contribution is 2.32. The lowest BCUT2D eigenvalue weighted by Crippen LogP contribution is -2.34. The van der Waals surface area contributed by atoms with Crippen LogP contribution in [0, 0.1) is 0 Å². The number of imidazole rings is 1. The van der Waals surface area contributed by atoms with Crippen molar-refractivity contribution in [1.29, 1.82) is 0 Å². The number of hydrogen-bond acceptors (Lipinski definition) is 9. The number of aldehydes is 1. The molecule has 3 heterocycles. The van der Waals surface area contributed by atoms with Gasteiger partial charge in [-0.1, -0.05) is 13.8 Å². The minimum absolute atomic E-state index is 0.00336. The van der Waals surface area contributed by atoms with E-state index in [2.05, 4.69) is 19.9 Å². The fraction of sp³-hybridized carbons (Fsp3) is 0.211. The summed E-state index contributed by atoms with van der Waals surface area (Å²) in [6.07, 6.45) is 7.40. The summed E-state index contributed by atoms with van der Waals surface area (Å²) in [5.74, 6) is -2.05. The van der Waals surface area contributed by atoms with Crippen LogP contribution >= 0.6 is 0 Å². The van der Waals surface area contributed by atoms with Gasteiger partial charge in [-0.2, -0.15) is 0 Å². The van der Waals surface area contributed by atoms with Crippen molar-refractivity contribution in [2.45, 2.75) is 25.7 Å². The first-order valence-electron chi connectivity index (χ1n) is 8.71. The number of nitrogens with zero attached hydrogens (tertiary/aromatic N) is 5. The highest BCUT2D eigenvalue weighted by Gasteiger charge is 2.35. The van der Waals surface area contributed by atoms with E-state index >= 15 is 0 Å². The van der Waals surface area contributed by atoms with E-state index in [1.807, 2.05) is 13.8 Å². The Bertz CT molecular complexity index is 1180. The molecule has 0 aliphatic carbocycles. The zero-order valence-electron chi connectivity index (χ0n) is 15.6. The molecule has 4 aromatic rings. The topological polar surface area (TPSA) is 136 Å². The van der Waals surface area contributed by atoms with Gasteiger partial charge in [0.1, 0.15) is 34.5 Å². The molecule has 0 radical (unpaired) electrons. The van der Waals surface area contributed by atoms with Crippen molar-refractivity contribution < 1.29 is 24.2 Å². The summed E-state index contributed by atoms with van der Waals surface area (Å²) in [6.45, 7) is 3.90. The first-order chi connectivity index (χ1) is 13.9. The minimum Gasteiger partial charge on any atom is -0.443 e. The number of ether oxygens (including phenoxy) is 1. The fourth-order valence-corrected chi connectivity index (χ4v) is 3.01. The van der Waals surface area contributed by atoms with Gasteiger partial charge in [0.2, 0.25) is 0 Å². The number of carbonyl (C=O) groups excluding carboxylic acids is 1. The van der Waals surface area contributed by atoms with Crippen LogP contribution in [-0.4, -0.2) is 41.0 Å². The second kappa shape index (κ2) is 7.08. The number of hydrogen-bond donors (Lipinski definition) is 2. The van der Waals surface area contributed by atoms with Gasteiger partial charge in [0.15, 0.2) is 24.1 Å². The van der Waals surface area contributed by atoms with E-state index in [4.69, 9.17) is 9.15 Å². The molecule has 0 bridgehead atoms. The van der Waals surface area contributed by atoms with Crippen LogP contribution in [0.3, 0.4) is 0 Å². The standard InChI is InChI=1S/C19H17N5O5/c1-11(2)17-21-5-6-24(17)18-13(7-20-9-22-18)19(26,27)29-15-4-3-14-16(12(15)8-25)28-10-23-14/h3-11,26-27H,1-2H3. The molecular formula is C19H17N5O5. The Hall–Kier alpha value is -3.63. The van der Waals surface area contributed by atoms with Crippen molar-refractivity contribution >= 4 is 17.4 Å². The van der Waals surface area contributed by atoms with Crippen molar-refractivity contribution in [1.82, 2.24) is 24.5 Å². The summed E-state index contributed by atoms with van der Waals surface area (Å²) in [6, 6.07) is 2.93. The van der Waals surface area contributed by atoms with E-state index in [0.717, 1.165) is 0 Å². The van der Waals surface area contributed by atoms with E-state index in [1.165, 1.54) is 31.1 Å². The molecule has 0 aliphatic rings. The third kappa shape index (κ3) is 3.24. The van der Waals surface area contributed by atoms with Crippen molar-refractivity contribution in [3.63, 3.8) is 0 Å². The predicted molar refractivity (Wildman–Crippen MR) is 99.4 cm³/mol. The molecule has 148 valence electrons. The molecule has 0 saturated carbocycles. The molecule has 3 aromatic heterocycles. The molecule has 1 aromatic carbocycles. The van der Waals surface area contributed by atoms with E-state index in [0.29, 0.717) is 17.6 Å². The number of rotatable bonds is 6. The molecule has 0 aliphatic heterocycles. The number of aromatic nitrogens is 5. The van der Waals surface area contributed by atoms with Crippen molar-refractivity contribution in [2.24, 2.45) is 0 Å². The quantitative estimate of drug-likeness (QED) is 0.370. The first kappa shape index (κ1) is 18.7. The molecule has 10 heteroatoms. The lowest BCUT2D eigenvalue weighted by molar-refractivity contribution is -0.304. The van der Waals surface area contributed by atoms with Gasteiger partial charge in [-0.25, -0.2) is 19.9 Å². The number of aliphatic hydroxyl groups is 2. The molecule has 29 heavy (non-hydrogen) atoms. The average molecular weight is 395 g/mol. The maximum atomic E-state index is 11.6. The summed E-state index contributed by atoms with van der Waals surface area (Å²) in [5.41, 5.74) is 0.477. The Morgan fingerprint density at radius 2 is 2.07 bits per heavy atom. The molecule has 0 spiro atoms. The maximum absolute atomic E-state index is 11.6. The normalized spacial score (nSPS) is 11.9. The average Bonchev–Trinajstić information content (AvgIpc) is 3.37. The highest BCUT2D eigenvalue weighted by molar-refractivity contribution is 5.96. The molecule has 4 rings (SSSR count). The Kier molecular flexibility index (Phi) is 4.57. The van der Waals surface area contributed by atoms with Crippen molar-refractivity contribution in [3.05, 3.63) is 60.4 Å². The fourth-order valence-electron chi connectivity index (χ4n) is 3.01. The summed E-state index contributed by atoms with van der Waals surface area (Å²) in [5, 5.41) is 21.5. The van der Waals surface area contributed by atoms with Gasteiger partial charge in [0.25, 0.3) is 0 Å². The Balaban J connectivity index is 1.79. The monoisotopic (exact) mass is 395 g/mol. The Labute approximate surface area is 164 Å². The SMILES string of the molecule is CC(C)c1nccn1-c1ncncc1C(O)(O)Oc1ccc2ncoc2c1C=O. The van der Waals surface area contributed by atoms with Gasteiger partial charge in [-0.05, 0) is 12.1 Å². The van der Waals surface area contributed by atoms with Gasteiger partial charge in [-0.3, -0.25) is 9.36 Å². The number of carbonyl (C=O) groups is 1. The maximum Gasteiger partial charge on any atom is 0.356 e. The second-order valence-corrected chi connectivity index (χ2v) is 6.58. The summed E-state index contributed by atoms with van der Waals surface area (Å²) in [4.78, 5) is 27.9. The van der Waals surface area contributed by atoms with E-state index in [1.54, 1.807) is 17.0 Å². The number of oxazole rings is 1. The number of fused-ring (bicyclic) bond motifs is 1. The Morgan fingerprint density at radius 3 is 2.83 bits per heavy atom. The third-order valence-electron chi connectivity index (χ3n) is 4.32. The van der Waals surface area contributed by atoms with Crippen LogP contribution in [0.5, 0.6) is 5.75 Å². The highest BCUT2D eigenvalue weighted by atomic mass is 16.8. The van der Waals surface area contributed by atoms with Crippen LogP contribution in [0.15, 0.2) is 47.9 Å². The van der Waals surface area contributed by atoms with E-state index < -0.39 is 5.97 Å². The van der Waals surface area contributed by atoms with Crippen LogP contribution in [-0.2, 0) is 5.97 Å². The molecule has 0 saturated heterocycles. The van der Waals surface area contributed by atoms with Crippen LogP contribution in [0.4, 0.5) is 0 Å². The van der Waals surface area contributed by atoms with Crippen LogP contribution in [0.25, 0.3) is 16.9 Å². The smallest absolute Gasteiger partial charge is 0.356 e. The lowest BCUT2D eigenvalue weighted by Gasteiger charge is -2.25. The molecule has 0 amide bonds. The molecule has 2 N–H and O–H groups in total. The van der Waals surface area contributed by atoms with Gasteiger partial charge in [0, 0.05) is 24.5 Å². The lowest BCUT2D eigenvalue weighted by atomic mass is 10.1. The summed E-state index contributed by atoms with van der Waals surface area (Å²) in [7, 11) is 0. The van der Waals surface area contributed by atoms with Crippen molar-refractivity contribution in [2.75, 3.05) is 0 Å². The zero-order chi connectivity index (χ0) is 20.6. The summed E-state index contributed by atoms with van der Waals surface area (Å²) >= 11 is 0. The van der Waals surface area contributed by atoms with E-state index in [-0.39, 0.29) is 34.2 Å². The van der Waals surface area contributed by atoms with E-state index in [9.17, 15) is 15.0 Å².